The molecule has 1 aromatic rings. The molecular weight excluding hydrogens is 390 g/mol. The molecule has 3 nitrogen and oxygen atoms in total. The molecule has 106 valence electrons. The lowest BCUT2D eigenvalue weighted by atomic mass is 10.1. The molecule has 0 fully saturated rings. The molecule has 7 heteroatoms. The Kier molecular flexibility index (Phi) is 6.71. The van der Waals surface area contributed by atoms with Crippen LogP contribution in [0.15, 0.2) is 16.6 Å². The molecule has 1 aromatic carbocycles. The van der Waals surface area contributed by atoms with E-state index in [1.165, 1.54) is 6.07 Å². The largest absolute Gasteiger partial charge is 0.466 e. The molecule has 0 atom stereocenters. The molecule has 0 aliphatic carbocycles. The lowest BCUT2D eigenvalue weighted by molar-refractivity contribution is -0.142. The summed E-state index contributed by atoms with van der Waals surface area (Å²) in [5, 5.41) is 0.491. The van der Waals surface area contributed by atoms with Crippen LogP contribution < -0.4 is 4.74 Å². The van der Waals surface area contributed by atoms with E-state index in [0.29, 0.717) is 15.4 Å². The Morgan fingerprint density at radius 3 is 2.63 bits per heavy atom. The molecule has 0 radical (unpaired) electrons. The van der Waals surface area contributed by atoms with Crippen LogP contribution in [0.2, 0.25) is 0 Å². The van der Waals surface area contributed by atoms with Gasteiger partial charge in [-0.05, 0) is 24.6 Å². The van der Waals surface area contributed by atoms with E-state index in [2.05, 4.69) is 36.6 Å². The number of carbonyl (C=O) groups is 1. The van der Waals surface area contributed by atoms with E-state index < -0.39 is 12.6 Å². The van der Waals surface area contributed by atoms with Gasteiger partial charge in [-0.1, -0.05) is 31.9 Å². The topological polar surface area (TPSA) is 35.5 Å². The minimum absolute atomic E-state index is 0.0214. The summed E-state index contributed by atoms with van der Waals surface area (Å²) >= 11 is 6.49. The highest BCUT2D eigenvalue weighted by Gasteiger charge is 2.17. The first kappa shape index (κ1) is 16.4. The van der Waals surface area contributed by atoms with Gasteiger partial charge in [-0.15, -0.1) is 0 Å². The Hall–Kier alpha value is -0.690. The molecule has 19 heavy (non-hydrogen) atoms. The first-order chi connectivity index (χ1) is 8.97. The van der Waals surface area contributed by atoms with Crippen LogP contribution in [0.3, 0.4) is 0 Å². The standard InChI is InChI=1S/C12H12Br2F2O3/c1-2-18-11(17)5-8-9(14)3-7(6-13)4-10(8)19-12(15)16/h3-4,12H,2,5-6H2,1H3. The molecule has 0 N–H and O–H groups in total. The summed E-state index contributed by atoms with van der Waals surface area (Å²) < 4.78 is 34.6. The normalized spacial score (nSPS) is 10.6. The summed E-state index contributed by atoms with van der Waals surface area (Å²) in [6.07, 6.45) is -0.126. The highest BCUT2D eigenvalue weighted by Crippen LogP contribution is 2.31. The van der Waals surface area contributed by atoms with Gasteiger partial charge in [0.1, 0.15) is 5.75 Å². The predicted octanol–water partition coefficient (Wildman–Crippen LogP) is 4.05. The third kappa shape index (κ3) is 5.06. The highest BCUT2D eigenvalue weighted by molar-refractivity contribution is 9.10. The van der Waals surface area contributed by atoms with E-state index in [1.54, 1.807) is 13.0 Å². The van der Waals surface area contributed by atoms with Gasteiger partial charge in [-0.2, -0.15) is 8.78 Å². The quantitative estimate of drug-likeness (QED) is 0.532. The van der Waals surface area contributed by atoms with Crippen molar-refractivity contribution in [3.8, 4) is 5.75 Å². The highest BCUT2D eigenvalue weighted by atomic mass is 79.9. The first-order valence-corrected chi connectivity index (χ1v) is 7.37. The van der Waals surface area contributed by atoms with Crippen LogP contribution in [0.5, 0.6) is 5.75 Å². The minimum Gasteiger partial charge on any atom is -0.466 e. The minimum atomic E-state index is -2.95. The molecule has 0 saturated carbocycles. The van der Waals surface area contributed by atoms with E-state index in [0.717, 1.165) is 5.56 Å². The van der Waals surface area contributed by atoms with Crippen molar-refractivity contribution >= 4 is 37.8 Å². The lowest BCUT2D eigenvalue weighted by Crippen LogP contribution is -2.11. The molecule has 0 amide bonds. The number of halogens is 4. The molecular formula is C12H12Br2F2O3. The van der Waals surface area contributed by atoms with Gasteiger partial charge in [0.15, 0.2) is 0 Å². The van der Waals surface area contributed by atoms with Crippen LogP contribution in [0.4, 0.5) is 8.78 Å². The molecule has 0 saturated heterocycles. The maximum Gasteiger partial charge on any atom is 0.387 e. The predicted molar refractivity (Wildman–Crippen MR) is 73.7 cm³/mol. The van der Waals surface area contributed by atoms with Gasteiger partial charge < -0.3 is 9.47 Å². The zero-order valence-electron chi connectivity index (χ0n) is 10.1. The monoisotopic (exact) mass is 400 g/mol. The van der Waals surface area contributed by atoms with Crippen molar-refractivity contribution < 1.29 is 23.0 Å². The summed E-state index contributed by atoms with van der Waals surface area (Å²) in [7, 11) is 0. The molecule has 0 aromatic heterocycles. The van der Waals surface area contributed by atoms with Gasteiger partial charge in [0.2, 0.25) is 0 Å². The summed E-state index contributed by atoms with van der Waals surface area (Å²) in [4.78, 5) is 11.5. The number of esters is 1. The summed E-state index contributed by atoms with van der Waals surface area (Å²) in [6.45, 7) is -1.03. The van der Waals surface area contributed by atoms with Crippen molar-refractivity contribution in [3.63, 3.8) is 0 Å². The fourth-order valence-corrected chi connectivity index (χ4v) is 2.42. The fraction of sp³-hybridized carbons (Fsp3) is 0.417. The number of hydrogen-bond acceptors (Lipinski definition) is 3. The number of ether oxygens (including phenoxy) is 2. The lowest BCUT2D eigenvalue weighted by Gasteiger charge is -2.13. The SMILES string of the molecule is CCOC(=O)Cc1c(Br)cc(CBr)cc1OC(F)F. The average molecular weight is 402 g/mol. The maximum atomic E-state index is 12.4. The van der Waals surface area contributed by atoms with Crippen molar-refractivity contribution in [1.29, 1.82) is 0 Å². The average Bonchev–Trinajstić information content (AvgIpc) is 2.32. The van der Waals surface area contributed by atoms with E-state index >= 15 is 0 Å². The molecule has 0 bridgehead atoms. The number of hydrogen-bond donors (Lipinski definition) is 0. The Labute approximate surface area is 126 Å². The Bertz CT molecular complexity index is 453. The zero-order valence-corrected chi connectivity index (χ0v) is 13.3. The van der Waals surface area contributed by atoms with Gasteiger partial charge in [-0.3, -0.25) is 4.79 Å². The third-order valence-corrected chi connectivity index (χ3v) is 3.57. The van der Waals surface area contributed by atoms with Gasteiger partial charge >= 0.3 is 12.6 Å². The van der Waals surface area contributed by atoms with Gasteiger partial charge in [0.05, 0.1) is 13.0 Å². The molecule has 0 unspecified atom stereocenters. The van der Waals surface area contributed by atoms with Crippen LogP contribution in [0, 0.1) is 0 Å². The smallest absolute Gasteiger partial charge is 0.387 e. The van der Waals surface area contributed by atoms with Crippen LogP contribution in [-0.2, 0) is 21.3 Å². The molecule has 0 spiro atoms. The van der Waals surface area contributed by atoms with Crippen LogP contribution >= 0.6 is 31.9 Å². The first-order valence-electron chi connectivity index (χ1n) is 5.45. The molecule has 0 aliphatic rings. The maximum absolute atomic E-state index is 12.4. The van der Waals surface area contributed by atoms with Gasteiger partial charge in [0.25, 0.3) is 0 Å². The number of rotatable bonds is 6. The van der Waals surface area contributed by atoms with E-state index in [-0.39, 0.29) is 18.8 Å². The van der Waals surface area contributed by atoms with E-state index in [1.807, 2.05) is 0 Å². The molecule has 0 aliphatic heterocycles. The third-order valence-electron chi connectivity index (χ3n) is 2.21. The van der Waals surface area contributed by atoms with E-state index in [4.69, 9.17) is 4.74 Å². The number of benzene rings is 1. The summed E-state index contributed by atoms with van der Waals surface area (Å²) in [5.74, 6) is -0.513. The Morgan fingerprint density at radius 2 is 2.11 bits per heavy atom. The van der Waals surface area contributed by atoms with Crippen molar-refractivity contribution in [2.75, 3.05) is 6.61 Å². The second-order valence-electron chi connectivity index (χ2n) is 3.55. The second-order valence-corrected chi connectivity index (χ2v) is 4.96. The van der Waals surface area contributed by atoms with Crippen LogP contribution in [-0.4, -0.2) is 19.2 Å². The Balaban J connectivity index is 3.08. The van der Waals surface area contributed by atoms with Crippen molar-refractivity contribution in [3.05, 3.63) is 27.7 Å². The Morgan fingerprint density at radius 1 is 1.42 bits per heavy atom. The van der Waals surface area contributed by atoms with Crippen molar-refractivity contribution in [2.45, 2.75) is 25.3 Å². The van der Waals surface area contributed by atoms with Crippen LogP contribution in [0.25, 0.3) is 0 Å². The molecule has 1 rings (SSSR count). The number of carbonyl (C=O) groups excluding carboxylic acids is 1. The second kappa shape index (κ2) is 7.79. The van der Waals surface area contributed by atoms with Gasteiger partial charge in [-0.25, -0.2) is 0 Å². The van der Waals surface area contributed by atoms with Gasteiger partial charge in [0, 0.05) is 15.4 Å². The van der Waals surface area contributed by atoms with Crippen molar-refractivity contribution in [2.24, 2.45) is 0 Å². The zero-order chi connectivity index (χ0) is 14.4. The van der Waals surface area contributed by atoms with Crippen LogP contribution in [0.1, 0.15) is 18.1 Å². The molecule has 0 heterocycles. The van der Waals surface area contributed by atoms with E-state index in [9.17, 15) is 13.6 Å². The summed E-state index contributed by atoms with van der Waals surface area (Å²) in [5.41, 5.74) is 1.11. The fourth-order valence-electron chi connectivity index (χ4n) is 1.47. The number of alkyl halides is 3. The summed E-state index contributed by atoms with van der Waals surface area (Å²) in [6, 6.07) is 3.21. The van der Waals surface area contributed by atoms with Crippen molar-refractivity contribution in [1.82, 2.24) is 0 Å².